The Morgan fingerprint density at radius 1 is 1.26 bits per heavy atom. The minimum Gasteiger partial charge on any atom is -0.384 e. The largest absolute Gasteiger partial charge is 0.384 e. The molecule has 3 N–H and O–H groups in total. The SMILES string of the molecule is Cc1nnc(Sc2ccccc2Br)c(C(=N)N)c1C. The van der Waals surface area contributed by atoms with Crippen molar-refractivity contribution < 1.29 is 0 Å². The molecule has 0 aliphatic rings. The Bertz CT molecular complexity index is 643. The molecule has 0 amide bonds. The van der Waals surface area contributed by atoms with Crippen LogP contribution in [0, 0.1) is 19.3 Å². The summed E-state index contributed by atoms with van der Waals surface area (Å²) >= 11 is 4.95. The van der Waals surface area contributed by atoms with Crippen molar-refractivity contribution in [2.45, 2.75) is 23.8 Å². The van der Waals surface area contributed by atoms with Gasteiger partial charge in [-0.1, -0.05) is 23.9 Å². The van der Waals surface area contributed by atoms with Crippen LogP contribution in [0.15, 0.2) is 38.7 Å². The molecule has 2 rings (SSSR count). The average Bonchev–Trinajstić information content (AvgIpc) is 2.36. The molecule has 98 valence electrons. The molecule has 6 heteroatoms. The van der Waals surface area contributed by atoms with E-state index in [1.54, 1.807) is 0 Å². The van der Waals surface area contributed by atoms with Crippen molar-refractivity contribution >= 4 is 33.5 Å². The smallest absolute Gasteiger partial charge is 0.135 e. The number of aromatic nitrogens is 2. The van der Waals surface area contributed by atoms with Crippen molar-refractivity contribution in [1.82, 2.24) is 10.2 Å². The summed E-state index contributed by atoms with van der Waals surface area (Å²) in [6.07, 6.45) is 0. The summed E-state index contributed by atoms with van der Waals surface area (Å²) in [4.78, 5) is 1.02. The van der Waals surface area contributed by atoms with Crippen LogP contribution in [0.5, 0.6) is 0 Å². The summed E-state index contributed by atoms with van der Waals surface area (Å²) in [7, 11) is 0. The van der Waals surface area contributed by atoms with E-state index in [1.165, 1.54) is 11.8 Å². The summed E-state index contributed by atoms with van der Waals surface area (Å²) in [5.74, 6) is 0.0186. The number of nitrogens with two attached hydrogens (primary N) is 1. The van der Waals surface area contributed by atoms with Gasteiger partial charge >= 0.3 is 0 Å². The fourth-order valence-electron chi connectivity index (χ4n) is 1.61. The number of halogens is 1. The molecule has 4 nitrogen and oxygen atoms in total. The van der Waals surface area contributed by atoms with E-state index in [0.717, 1.165) is 20.6 Å². The van der Waals surface area contributed by atoms with Gasteiger partial charge in [-0.05, 0) is 47.5 Å². The third-order valence-electron chi connectivity index (χ3n) is 2.74. The second-order valence-corrected chi connectivity index (χ2v) is 5.92. The first-order valence-corrected chi connectivity index (χ1v) is 7.22. The summed E-state index contributed by atoms with van der Waals surface area (Å²) in [6.45, 7) is 3.77. The van der Waals surface area contributed by atoms with E-state index < -0.39 is 0 Å². The summed E-state index contributed by atoms with van der Waals surface area (Å²) < 4.78 is 0.981. The first-order valence-electron chi connectivity index (χ1n) is 5.61. The molecule has 0 unspecified atom stereocenters. The number of nitrogen functional groups attached to an aromatic ring is 1. The van der Waals surface area contributed by atoms with Crippen molar-refractivity contribution in [3.8, 4) is 0 Å². The monoisotopic (exact) mass is 336 g/mol. The fourth-order valence-corrected chi connectivity index (χ4v) is 3.10. The van der Waals surface area contributed by atoms with Gasteiger partial charge in [0.15, 0.2) is 0 Å². The Labute approximate surface area is 124 Å². The van der Waals surface area contributed by atoms with Gasteiger partial charge in [-0.25, -0.2) is 0 Å². The van der Waals surface area contributed by atoms with Crippen LogP contribution in [0.4, 0.5) is 0 Å². The summed E-state index contributed by atoms with van der Waals surface area (Å²) in [5.41, 5.74) is 8.02. The molecule has 0 aliphatic carbocycles. The highest BCUT2D eigenvalue weighted by Crippen LogP contribution is 2.34. The Morgan fingerprint density at radius 2 is 1.95 bits per heavy atom. The lowest BCUT2D eigenvalue weighted by Crippen LogP contribution is -2.16. The van der Waals surface area contributed by atoms with Crippen LogP contribution in [0.3, 0.4) is 0 Å². The fraction of sp³-hybridized carbons (Fsp3) is 0.154. The van der Waals surface area contributed by atoms with Gasteiger partial charge in [-0.3, -0.25) is 5.41 Å². The molecule has 2 aromatic rings. The third-order valence-corrected chi connectivity index (χ3v) is 4.74. The third kappa shape index (κ3) is 2.96. The number of nitrogens with zero attached hydrogens (tertiary/aromatic N) is 2. The molecule has 0 saturated heterocycles. The van der Waals surface area contributed by atoms with E-state index in [9.17, 15) is 0 Å². The first kappa shape index (κ1) is 14.0. The highest BCUT2D eigenvalue weighted by molar-refractivity contribution is 9.10. The minimum atomic E-state index is 0.0186. The topological polar surface area (TPSA) is 75.7 Å². The van der Waals surface area contributed by atoms with E-state index in [4.69, 9.17) is 11.1 Å². The maximum atomic E-state index is 7.72. The van der Waals surface area contributed by atoms with Crippen molar-refractivity contribution in [1.29, 1.82) is 5.41 Å². The van der Waals surface area contributed by atoms with Crippen LogP contribution in [-0.2, 0) is 0 Å². The van der Waals surface area contributed by atoms with Gasteiger partial charge in [0.2, 0.25) is 0 Å². The van der Waals surface area contributed by atoms with Crippen LogP contribution in [0.25, 0.3) is 0 Å². The second-order valence-electron chi connectivity index (χ2n) is 4.04. The van der Waals surface area contributed by atoms with Gasteiger partial charge in [0.05, 0.1) is 11.3 Å². The van der Waals surface area contributed by atoms with Crippen molar-refractivity contribution in [3.05, 3.63) is 45.6 Å². The first-order chi connectivity index (χ1) is 9.00. The lowest BCUT2D eigenvalue weighted by Gasteiger charge is -2.11. The van der Waals surface area contributed by atoms with Crippen LogP contribution < -0.4 is 5.73 Å². The number of nitrogens with one attached hydrogen (secondary N) is 1. The average molecular weight is 337 g/mol. The zero-order valence-corrected chi connectivity index (χ0v) is 13.0. The van der Waals surface area contributed by atoms with Gasteiger partial charge in [0, 0.05) is 9.37 Å². The molecule has 0 bridgehead atoms. The highest BCUT2D eigenvalue weighted by atomic mass is 79.9. The molecule has 0 aliphatic heterocycles. The number of benzene rings is 1. The van der Waals surface area contributed by atoms with Crippen LogP contribution in [0.1, 0.15) is 16.8 Å². The van der Waals surface area contributed by atoms with Crippen molar-refractivity contribution in [2.75, 3.05) is 0 Å². The highest BCUT2D eigenvalue weighted by Gasteiger charge is 2.15. The van der Waals surface area contributed by atoms with Gasteiger partial charge < -0.3 is 5.73 Å². The maximum absolute atomic E-state index is 7.72. The minimum absolute atomic E-state index is 0.0186. The second kappa shape index (κ2) is 5.71. The van der Waals surface area contributed by atoms with Gasteiger partial charge in [0.1, 0.15) is 10.9 Å². The van der Waals surface area contributed by atoms with Crippen LogP contribution >= 0.6 is 27.7 Å². The molecule has 0 radical (unpaired) electrons. The molecular weight excluding hydrogens is 324 g/mol. The molecule has 19 heavy (non-hydrogen) atoms. The normalized spacial score (nSPS) is 10.5. The van der Waals surface area contributed by atoms with Gasteiger partial charge in [-0.15, -0.1) is 5.10 Å². The molecule has 0 spiro atoms. The van der Waals surface area contributed by atoms with Crippen molar-refractivity contribution in [2.24, 2.45) is 5.73 Å². The lowest BCUT2D eigenvalue weighted by atomic mass is 10.1. The molecule has 1 aromatic heterocycles. The van der Waals surface area contributed by atoms with Crippen molar-refractivity contribution in [3.63, 3.8) is 0 Å². The molecule has 0 saturated carbocycles. The molecule has 1 heterocycles. The van der Waals surface area contributed by atoms with Gasteiger partial charge in [0.25, 0.3) is 0 Å². The van der Waals surface area contributed by atoms with Crippen LogP contribution in [-0.4, -0.2) is 16.0 Å². The number of rotatable bonds is 3. The zero-order valence-electron chi connectivity index (χ0n) is 10.6. The Kier molecular flexibility index (Phi) is 4.21. The predicted octanol–water partition coefficient (Wildman–Crippen LogP) is 3.29. The van der Waals surface area contributed by atoms with E-state index in [0.29, 0.717) is 10.6 Å². The summed E-state index contributed by atoms with van der Waals surface area (Å²) in [6, 6.07) is 7.85. The standard InChI is InChI=1S/C13H13BrN4S/c1-7-8(2)17-18-13(11(7)12(15)16)19-10-6-4-3-5-9(10)14/h3-6H,1-2H3,(H3,15,16). The molecule has 1 aromatic carbocycles. The number of hydrogen-bond donors (Lipinski definition) is 2. The zero-order chi connectivity index (χ0) is 14.0. The number of hydrogen-bond acceptors (Lipinski definition) is 4. The van der Waals surface area contributed by atoms with E-state index in [1.807, 2.05) is 38.1 Å². The van der Waals surface area contributed by atoms with E-state index in [-0.39, 0.29) is 5.84 Å². The van der Waals surface area contributed by atoms with E-state index in [2.05, 4.69) is 26.1 Å². The lowest BCUT2D eigenvalue weighted by molar-refractivity contribution is 0.872. The maximum Gasteiger partial charge on any atom is 0.135 e. The predicted molar refractivity (Wildman–Crippen MR) is 80.8 cm³/mol. The summed E-state index contributed by atoms with van der Waals surface area (Å²) in [5, 5.41) is 16.7. The number of amidine groups is 1. The van der Waals surface area contributed by atoms with Gasteiger partial charge in [-0.2, -0.15) is 5.10 Å². The quantitative estimate of drug-likeness (QED) is 0.666. The van der Waals surface area contributed by atoms with E-state index >= 15 is 0 Å². The Morgan fingerprint density at radius 3 is 2.58 bits per heavy atom. The Balaban J connectivity index is 2.49. The number of aryl methyl sites for hydroxylation is 1. The molecular formula is C13H13BrN4S. The molecule has 0 atom stereocenters. The molecule has 0 fully saturated rings. The Hall–Kier alpha value is -1.40. The van der Waals surface area contributed by atoms with Crippen LogP contribution in [0.2, 0.25) is 0 Å².